The predicted octanol–water partition coefficient (Wildman–Crippen LogP) is 3.49. The molecule has 0 aliphatic rings. The zero-order chi connectivity index (χ0) is 16.0. The van der Waals surface area contributed by atoms with Gasteiger partial charge in [-0.1, -0.05) is 6.92 Å². The monoisotopic (exact) mass is 421 g/mol. The van der Waals surface area contributed by atoms with Crippen molar-refractivity contribution in [2.45, 2.75) is 39.2 Å². The van der Waals surface area contributed by atoms with E-state index in [0.717, 1.165) is 9.26 Å². The predicted molar refractivity (Wildman–Crippen MR) is 78.9 cm³/mol. The van der Waals surface area contributed by atoms with Crippen molar-refractivity contribution in [3.8, 4) is 0 Å². The Morgan fingerprint density at radius 2 is 1.95 bits per heavy atom. The maximum absolute atomic E-state index is 12.7. The van der Waals surface area contributed by atoms with Crippen LogP contribution in [-0.2, 0) is 17.8 Å². The van der Waals surface area contributed by atoms with Gasteiger partial charge in [-0.3, -0.25) is 0 Å². The molecule has 9 heteroatoms. The Hall–Kier alpha value is -0.710. The van der Waals surface area contributed by atoms with Gasteiger partial charge >= 0.3 is 12.3 Å². The van der Waals surface area contributed by atoms with Crippen LogP contribution in [0.3, 0.4) is 0 Å². The van der Waals surface area contributed by atoms with Gasteiger partial charge in [0.1, 0.15) is 19.0 Å². The molecule has 0 spiro atoms. The van der Waals surface area contributed by atoms with Gasteiger partial charge in [0.25, 0.3) is 0 Å². The van der Waals surface area contributed by atoms with Gasteiger partial charge in [-0.2, -0.15) is 8.78 Å². The molecule has 0 saturated heterocycles. The van der Waals surface area contributed by atoms with Crippen molar-refractivity contribution in [3.63, 3.8) is 0 Å². The molecule has 0 unspecified atom stereocenters. The minimum Gasteiger partial charge on any atom is -0.369 e. The molecule has 1 rings (SSSR count). The Kier molecular flexibility index (Phi) is 7.04. The number of aryl methyl sites for hydroxylation is 1. The average molecular weight is 421 g/mol. The number of ether oxygens (including phenoxy) is 1. The number of rotatable bonds is 8. The lowest BCUT2D eigenvalue weighted by Crippen LogP contribution is -2.32. The summed E-state index contributed by atoms with van der Waals surface area (Å²) in [5.74, 6) is -3.39. The summed E-state index contributed by atoms with van der Waals surface area (Å²) in [6.45, 7) is 2.72. The number of halogens is 5. The van der Waals surface area contributed by atoms with Crippen LogP contribution in [-0.4, -0.2) is 35.5 Å². The zero-order valence-corrected chi connectivity index (χ0v) is 13.8. The van der Waals surface area contributed by atoms with E-state index in [1.807, 2.05) is 13.8 Å². The van der Waals surface area contributed by atoms with E-state index in [2.05, 4.69) is 42.6 Å². The average Bonchev–Trinajstić information content (AvgIpc) is 2.42. The molecule has 1 aromatic heterocycles. The second-order valence-corrected chi connectivity index (χ2v) is 5.27. The van der Waals surface area contributed by atoms with Gasteiger partial charge in [-0.15, -0.1) is 0 Å². The van der Waals surface area contributed by atoms with E-state index in [9.17, 15) is 17.6 Å². The van der Waals surface area contributed by atoms with Crippen LogP contribution in [0.15, 0.2) is 0 Å². The summed E-state index contributed by atoms with van der Waals surface area (Å²) in [6, 6.07) is 0. The van der Waals surface area contributed by atoms with Crippen molar-refractivity contribution in [1.29, 1.82) is 0 Å². The number of hydrogen-bond acceptors (Lipinski definition) is 4. The van der Waals surface area contributed by atoms with E-state index in [0.29, 0.717) is 18.8 Å². The third kappa shape index (κ3) is 5.20. The Labute approximate surface area is 133 Å². The first kappa shape index (κ1) is 18.3. The normalized spacial score (nSPS) is 12.0. The number of nitrogens with zero attached hydrogens (tertiary/aromatic N) is 2. The molecule has 0 radical (unpaired) electrons. The Morgan fingerprint density at radius 1 is 1.29 bits per heavy atom. The van der Waals surface area contributed by atoms with Crippen molar-refractivity contribution < 1.29 is 22.3 Å². The highest BCUT2D eigenvalue weighted by molar-refractivity contribution is 14.1. The molecular weight excluding hydrogens is 405 g/mol. The summed E-state index contributed by atoms with van der Waals surface area (Å²) >= 11 is 2.09. The maximum Gasteiger partial charge on any atom is 0.330 e. The molecule has 1 N–H and O–H groups in total. The largest absolute Gasteiger partial charge is 0.369 e. The van der Waals surface area contributed by atoms with Gasteiger partial charge in [0.15, 0.2) is 5.82 Å². The lowest BCUT2D eigenvalue weighted by molar-refractivity contribution is -0.168. The quantitative estimate of drug-likeness (QED) is 0.516. The third-order valence-electron chi connectivity index (χ3n) is 2.49. The molecule has 120 valence electrons. The van der Waals surface area contributed by atoms with Crippen LogP contribution in [0.4, 0.5) is 23.4 Å². The van der Waals surface area contributed by atoms with Crippen molar-refractivity contribution >= 4 is 28.4 Å². The van der Waals surface area contributed by atoms with Crippen LogP contribution >= 0.6 is 22.6 Å². The number of nitrogens with one attached hydrogen (secondary N) is 1. The molecule has 0 fully saturated rings. The number of hydrogen-bond donors (Lipinski definition) is 1. The highest BCUT2D eigenvalue weighted by atomic mass is 127. The lowest BCUT2D eigenvalue weighted by Gasteiger charge is -2.15. The molecule has 1 aromatic rings. The van der Waals surface area contributed by atoms with Crippen LogP contribution in [0.1, 0.15) is 25.4 Å². The van der Waals surface area contributed by atoms with Crippen molar-refractivity contribution in [3.05, 3.63) is 15.1 Å². The van der Waals surface area contributed by atoms with E-state index < -0.39 is 19.0 Å². The van der Waals surface area contributed by atoms with Crippen molar-refractivity contribution in [2.24, 2.45) is 0 Å². The van der Waals surface area contributed by atoms with E-state index >= 15 is 0 Å². The molecule has 0 amide bonds. The molecule has 1 heterocycles. The zero-order valence-electron chi connectivity index (χ0n) is 11.6. The lowest BCUT2D eigenvalue weighted by atomic mass is 10.3. The van der Waals surface area contributed by atoms with Gasteiger partial charge in [-0.25, -0.2) is 18.7 Å². The third-order valence-corrected chi connectivity index (χ3v) is 3.62. The molecule has 0 atom stereocenters. The van der Waals surface area contributed by atoms with Gasteiger partial charge in [-0.05, 0) is 35.9 Å². The molecule has 0 bridgehead atoms. The standard InChI is InChI=1S/C12H16F4IN3O/c1-3-7-9(17)10(18-4-2)20-8(19-7)5-21-6-12(15,16)11(13)14/h11H,3-6H2,1-2H3,(H,18,19,20). The van der Waals surface area contributed by atoms with E-state index in [1.165, 1.54) is 0 Å². The Bertz CT molecular complexity index is 474. The van der Waals surface area contributed by atoms with Crippen molar-refractivity contribution in [2.75, 3.05) is 18.5 Å². The number of aromatic nitrogens is 2. The first-order chi connectivity index (χ1) is 9.81. The second kappa shape index (κ2) is 8.06. The fraction of sp³-hybridized carbons (Fsp3) is 0.667. The van der Waals surface area contributed by atoms with E-state index in [-0.39, 0.29) is 12.4 Å². The van der Waals surface area contributed by atoms with Gasteiger partial charge in [0.05, 0.1) is 9.26 Å². The van der Waals surface area contributed by atoms with Gasteiger partial charge in [0.2, 0.25) is 0 Å². The van der Waals surface area contributed by atoms with E-state index in [4.69, 9.17) is 0 Å². The molecule has 4 nitrogen and oxygen atoms in total. The van der Waals surface area contributed by atoms with Gasteiger partial charge < -0.3 is 10.1 Å². The van der Waals surface area contributed by atoms with Crippen LogP contribution < -0.4 is 5.32 Å². The fourth-order valence-electron chi connectivity index (χ4n) is 1.47. The summed E-state index contributed by atoms with van der Waals surface area (Å²) in [5.41, 5.74) is 0.751. The summed E-state index contributed by atoms with van der Waals surface area (Å²) in [6.07, 6.45) is -3.11. The summed E-state index contributed by atoms with van der Waals surface area (Å²) in [4.78, 5) is 8.33. The SMILES string of the molecule is CCNc1nc(COCC(F)(F)C(F)F)nc(CC)c1I. The molecule has 0 aliphatic heterocycles. The maximum atomic E-state index is 12.7. The van der Waals surface area contributed by atoms with Crippen LogP contribution in [0, 0.1) is 3.57 Å². The molecule has 0 aliphatic carbocycles. The van der Waals surface area contributed by atoms with Gasteiger partial charge in [0, 0.05) is 6.54 Å². The van der Waals surface area contributed by atoms with Crippen LogP contribution in [0.25, 0.3) is 0 Å². The Balaban J connectivity index is 2.77. The van der Waals surface area contributed by atoms with Crippen LogP contribution in [0.2, 0.25) is 0 Å². The Morgan fingerprint density at radius 3 is 2.48 bits per heavy atom. The minimum atomic E-state index is -4.17. The summed E-state index contributed by atoms with van der Waals surface area (Å²) < 4.78 is 54.9. The summed E-state index contributed by atoms with van der Waals surface area (Å²) in [7, 11) is 0. The van der Waals surface area contributed by atoms with Crippen molar-refractivity contribution in [1.82, 2.24) is 9.97 Å². The first-order valence-electron chi connectivity index (χ1n) is 6.34. The molecule has 21 heavy (non-hydrogen) atoms. The fourth-order valence-corrected chi connectivity index (χ4v) is 2.28. The smallest absolute Gasteiger partial charge is 0.330 e. The van der Waals surface area contributed by atoms with Crippen LogP contribution in [0.5, 0.6) is 0 Å². The first-order valence-corrected chi connectivity index (χ1v) is 7.42. The highest BCUT2D eigenvalue weighted by Crippen LogP contribution is 2.24. The minimum absolute atomic E-state index is 0.188. The number of anilines is 1. The summed E-state index contributed by atoms with van der Waals surface area (Å²) in [5, 5.41) is 3.03. The highest BCUT2D eigenvalue weighted by Gasteiger charge is 2.41. The molecule has 0 aromatic carbocycles. The second-order valence-electron chi connectivity index (χ2n) is 4.19. The van der Waals surface area contributed by atoms with E-state index in [1.54, 1.807) is 0 Å². The molecular formula is C12H16F4IN3O. The molecule has 0 saturated carbocycles. The topological polar surface area (TPSA) is 47.0 Å². The number of alkyl halides is 4.